The Morgan fingerprint density at radius 3 is 2.94 bits per heavy atom. The van der Waals surface area contributed by atoms with E-state index in [2.05, 4.69) is 15.8 Å². The molecule has 1 aromatic rings. The largest absolute Gasteiger partial charge is 0.376 e. The zero-order chi connectivity index (χ0) is 12.3. The van der Waals surface area contributed by atoms with Crippen molar-refractivity contribution in [2.24, 2.45) is 0 Å². The highest BCUT2D eigenvalue weighted by atomic mass is 16.5. The first kappa shape index (κ1) is 11.9. The summed E-state index contributed by atoms with van der Waals surface area (Å²) in [7, 11) is 0. The van der Waals surface area contributed by atoms with Crippen molar-refractivity contribution in [2.45, 2.75) is 32.8 Å². The molecule has 94 valence electrons. The Morgan fingerprint density at radius 1 is 1.53 bits per heavy atom. The van der Waals surface area contributed by atoms with Crippen LogP contribution in [0.2, 0.25) is 0 Å². The standard InChI is InChI=1S/C11H17N3O3/c1-7-10(8(2)17-14-7)13-11(15)12-6-9-4-3-5-16-9/h9H,3-6H2,1-2H3,(H2,12,13,15)/t9-/m1/s1. The summed E-state index contributed by atoms with van der Waals surface area (Å²) < 4.78 is 10.4. The van der Waals surface area contributed by atoms with Crippen molar-refractivity contribution in [3.05, 3.63) is 11.5 Å². The van der Waals surface area contributed by atoms with E-state index in [1.807, 2.05) is 0 Å². The van der Waals surface area contributed by atoms with Gasteiger partial charge in [0, 0.05) is 13.2 Å². The van der Waals surface area contributed by atoms with E-state index in [0.717, 1.165) is 19.4 Å². The third-order valence-corrected chi connectivity index (χ3v) is 2.79. The summed E-state index contributed by atoms with van der Waals surface area (Å²) in [6.07, 6.45) is 2.22. The molecule has 2 heterocycles. The highest BCUT2D eigenvalue weighted by molar-refractivity contribution is 5.90. The average molecular weight is 239 g/mol. The van der Waals surface area contributed by atoms with Crippen molar-refractivity contribution in [1.29, 1.82) is 0 Å². The Morgan fingerprint density at radius 2 is 2.35 bits per heavy atom. The van der Waals surface area contributed by atoms with Gasteiger partial charge in [0.15, 0.2) is 5.76 Å². The summed E-state index contributed by atoms with van der Waals surface area (Å²) in [4.78, 5) is 11.6. The van der Waals surface area contributed by atoms with Crippen LogP contribution in [0.1, 0.15) is 24.3 Å². The number of nitrogens with one attached hydrogen (secondary N) is 2. The molecule has 1 aromatic heterocycles. The third-order valence-electron chi connectivity index (χ3n) is 2.79. The Kier molecular flexibility index (Phi) is 3.63. The maximum atomic E-state index is 11.6. The molecule has 1 atom stereocenters. The molecule has 0 unspecified atom stereocenters. The highest BCUT2D eigenvalue weighted by Crippen LogP contribution is 2.18. The summed E-state index contributed by atoms with van der Waals surface area (Å²) in [6, 6.07) is -0.255. The highest BCUT2D eigenvalue weighted by Gasteiger charge is 2.17. The van der Waals surface area contributed by atoms with Gasteiger partial charge >= 0.3 is 6.03 Å². The maximum Gasteiger partial charge on any atom is 0.319 e. The minimum absolute atomic E-state index is 0.144. The number of hydrogen-bond acceptors (Lipinski definition) is 4. The molecule has 1 saturated heterocycles. The normalized spacial score (nSPS) is 19.3. The van der Waals surface area contributed by atoms with E-state index in [4.69, 9.17) is 9.26 Å². The zero-order valence-electron chi connectivity index (χ0n) is 10.1. The smallest absolute Gasteiger partial charge is 0.319 e. The van der Waals surface area contributed by atoms with E-state index in [9.17, 15) is 4.79 Å². The number of rotatable bonds is 3. The predicted octanol–water partition coefficient (Wildman–Crippen LogP) is 1.59. The number of carbonyl (C=O) groups is 1. The Hall–Kier alpha value is -1.56. The van der Waals surface area contributed by atoms with E-state index < -0.39 is 0 Å². The molecular weight excluding hydrogens is 222 g/mol. The number of amides is 2. The van der Waals surface area contributed by atoms with Gasteiger partial charge in [0.25, 0.3) is 0 Å². The fourth-order valence-electron chi connectivity index (χ4n) is 1.83. The van der Waals surface area contributed by atoms with Crippen LogP contribution in [0.5, 0.6) is 0 Å². The molecule has 17 heavy (non-hydrogen) atoms. The molecule has 6 heteroatoms. The van der Waals surface area contributed by atoms with E-state index in [1.54, 1.807) is 13.8 Å². The summed E-state index contributed by atoms with van der Waals surface area (Å²) >= 11 is 0. The van der Waals surface area contributed by atoms with Gasteiger partial charge in [-0.3, -0.25) is 0 Å². The van der Waals surface area contributed by atoms with Crippen LogP contribution in [0.3, 0.4) is 0 Å². The van der Waals surface area contributed by atoms with Crippen LogP contribution in [0, 0.1) is 13.8 Å². The topological polar surface area (TPSA) is 76.4 Å². The summed E-state index contributed by atoms with van der Waals surface area (Å²) in [6.45, 7) is 4.87. The molecule has 0 radical (unpaired) electrons. The van der Waals surface area contributed by atoms with Crippen LogP contribution in [-0.2, 0) is 4.74 Å². The van der Waals surface area contributed by atoms with Crippen molar-refractivity contribution >= 4 is 11.7 Å². The molecule has 2 rings (SSSR count). The lowest BCUT2D eigenvalue weighted by atomic mass is 10.2. The second-order valence-corrected chi connectivity index (χ2v) is 4.17. The van der Waals surface area contributed by atoms with Crippen LogP contribution in [0.15, 0.2) is 4.52 Å². The van der Waals surface area contributed by atoms with Gasteiger partial charge in [-0.2, -0.15) is 0 Å². The van der Waals surface area contributed by atoms with Crippen LogP contribution < -0.4 is 10.6 Å². The molecule has 0 saturated carbocycles. The minimum atomic E-state index is -0.255. The monoisotopic (exact) mass is 239 g/mol. The second kappa shape index (κ2) is 5.18. The van der Waals surface area contributed by atoms with Gasteiger partial charge in [-0.1, -0.05) is 5.16 Å². The Labute approximate surface area is 99.7 Å². The lowest BCUT2D eigenvalue weighted by Crippen LogP contribution is -2.35. The summed E-state index contributed by atoms with van der Waals surface area (Å²) in [5.41, 5.74) is 1.31. The van der Waals surface area contributed by atoms with E-state index >= 15 is 0 Å². The summed E-state index contributed by atoms with van der Waals surface area (Å²) in [5, 5.41) is 9.26. The quantitative estimate of drug-likeness (QED) is 0.839. The molecule has 6 nitrogen and oxygen atoms in total. The van der Waals surface area contributed by atoms with Crippen molar-refractivity contribution in [2.75, 3.05) is 18.5 Å². The number of hydrogen-bond donors (Lipinski definition) is 2. The van der Waals surface area contributed by atoms with E-state index in [0.29, 0.717) is 23.7 Å². The molecule has 0 aromatic carbocycles. The van der Waals surface area contributed by atoms with Crippen LogP contribution >= 0.6 is 0 Å². The first-order chi connectivity index (χ1) is 8.16. The maximum absolute atomic E-state index is 11.6. The molecule has 0 bridgehead atoms. The van der Waals surface area contributed by atoms with Gasteiger partial charge in [0.05, 0.1) is 6.10 Å². The number of urea groups is 1. The second-order valence-electron chi connectivity index (χ2n) is 4.17. The van der Waals surface area contributed by atoms with E-state index in [1.165, 1.54) is 0 Å². The van der Waals surface area contributed by atoms with Gasteiger partial charge in [0.2, 0.25) is 0 Å². The SMILES string of the molecule is Cc1noc(C)c1NC(=O)NC[C@H]1CCCO1. The number of nitrogens with zero attached hydrogens (tertiary/aromatic N) is 1. The molecule has 2 N–H and O–H groups in total. The van der Waals surface area contributed by atoms with Gasteiger partial charge in [-0.25, -0.2) is 4.79 Å². The Balaban J connectivity index is 1.80. The van der Waals surface area contributed by atoms with Gasteiger partial charge in [-0.05, 0) is 26.7 Å². The van der Waals surface area contributed by atoms with Gasteiger partial charge in [-0.15, -0.1) is 0 Å². The first-order valence-electron chi connectivity index (χ1n) is 5.76. The predicted molar refractivity (Wildman–Crippen MR) is 62.0 cm³/mol. The van der Waals surface area contributed by atoms with E-state index in [-0.39, 0.29) is 12.1 Å². The molecule has 1 aliphatic rings. The van der Waals surface area contributed by atoms with Crippen LogP contribution in [-0.4, -0.2) is 30.4 Å². The molecule has 1 aliphatic heterocycles. The Bertz CT molecular complexity index is 377. The number of ether oxygens (including phenoxy) is 1. The first-order valence-corrected chi connectivity index (χ1v) is 5.76. The van der Waals surface area contributed by atoms with Crippen LogP contribution in [0.25, 0.3) is 0 Å². The number of aryl methyl sites for hydroxylation is 2. The van der Waals surface area contributed by atoms with Gasteiger partial charge in [0.1, 0.15) is 11.4 Å². The van der Waals surface area contributed by atoms with Crippen LogP contribution in [0.4, 0.5) is 10.5 Å². The molecule has 0 aliphatic carbocycles. The minimum Gasteiger partial charge on any atom is -0.376 e. The zero-order valence-corrected chi connectivity index (χ0v) is 10.1. The van der Waals surface area contributed by atoms with Crippen molar-refractivity contribution in [1.82, 2.24) is 10.5 Å². The molecule has 1 fully saturated rings. The lowest BCUT2D eigenvalue weighted by Gasteiger charge is -2.11. The van der Waals surface area contributed by atoms with Crippen molar-refractivity contribution < 1.29 is 14.1 Å². The fourth-order valence-corrected chi connectivity index (χ4v) is 1.83. The molecule has 2 amide bonds. The summed E-state index contributed by atoms with van der Waals surface area (Å²) in [5.74, 6) is 0.606. The lowest BCUT2D eigenvalue weighted by molar-refractivity contribution is 0.112. The van der Waals surface area contributed by atoms with Gasteiger partial charge < -0.3 is 19.9 Å². The number of anilines is 1. The van der Waals surface area contributed by atoms with Crippen molar-refractivity contribution in [3.8, 4) is 0 Å². The molecule has 0 spiro atoms. The number of aromatic nitrogens is 1. The molecular formula is C11H17N3O3. The fraction of sp³-hybridized carbons (Fsp3) is 0.636. The third kappa shape index (κ3) is 2.97. The van der Waals surface area contributed by atoms with Crippen molar-refractivity contribution in [3.63, 3.8) is 0 Å². The number of carbonyl (C=O) groups excluding carboxylic acids is 1. The average Bonchev–Trinajstić information content (AvgIpc) is 2.91.